The number of ether oxygens (including phenoxy) is 3. The Labute approximate surface area is 212 Å². The average Bonchev–Trinajstić information content (AvgIpc) is 2.92. The van der Waals surface area contributed by atoms with E-state index in [1.54, 1.807) is 4.90 Å². The smallest absolute Gasteiger partial charge is 0.338 e. The van der Waals surface area contributed by atoms with E-state index in [-0.39, 0.29) is 41.8 Å². The maximum absolute atomic E-state index is 13.1. The standard InChI is InChI=1S/C26H32N2O7S/c1-33-23-8-7-22(18-24(23)36(31,32)28-13-15-34-16-14-28)26(30)35-19-25(29)27-11-9-21(10-12-27)17-20-5-3-2-4-6-20/h2-8,18,21H,9-17,19H2,1H3. The topological polar surface area (TPSA) is 102 Å². The zero-order chi connectivity index (χ0) is 25.5. The first kappa shape index (κ1) is 26.1. The molecule has 2 aliphatic heterocycles. The summed E-state index contributed by atoms with van der Waals surface area (Å²) in [6, 6.07) is 14.4. The number of likely N-dealkylation sites (tertiary alicyclic amines) is 1. The second-order valence-corrected chi connectivity index (χ2v) is 10.9. The number of carbonyl (C=O) groups is 2. The molecule has 0 unspecified atom stereocenters. The summed E-state index contributed by atoms with van der Waals surface area (Å²) in [4.78, 5) is 26.9. The van der Waals surface area contributed by atoms with Crippen LogP contribution in [0.5, 0.6) is 5.75 Å². The number of sulfonamides is 1. The molecule has 2 saturated heterocycles. The number of nitrogens with zero attached hydrogens (tertiary/aromatic N) is 2. The molecule has 0 atom stereocenters. The van der Waals surface area contributed by atoms with Crippen LogP contribution in [-0.4, -0.2) is 82.6 Å². The van der Waals surface area contributed by atoms with E-state index in [9.17, 15) is 18.0 Å². The van der Waals surface area contributed by atoms with E-state index in [2.05, 4.69) is 12.1 Å². The molecule has 2 aromatic rings. The Balaban J connectivity index is 1.33. The van der Waals surface area contributed by atoms with Gasteiger partial charge >= 0.3 is 5.97 Å². The fraction of sp³-hybridized carbons (Fsp3) is 0.462. The molecule has 0 aliphatic carbocycles. The molecular formula is C26H32N2O7S. The average molecular weight is 517 g/mol. The monoisotopic (exact) mass is 516 g/mol. The summed E-state index contributed by atoms with van der Waals surface area (Å²) in [5.74, 6) is -0.364. The minimum Gasteiger partial charge on any atom is -0.495 e. The fourth-order valence-corrected chi connectivity index (χ4v) is 6.16. The third kappa shape index (κ3) is 6.24. The molecular weight excluding hydrogens is 484 g/mol. The number of hydrogen-bond acceptors (Lipinski definition) is 7. The van der Waals surface area contributed by atoms with Crippen LogP contribution in [-0.2, 0) is 30.7 Å². The van der Waals surface area contributed by atoms with Crippen molar-refractivity contribution in [1.82, 2.24) is 9.21 Å². The molecule has 4 rings (SSSR count). The van der Waals surface area contributed by atoms with Crippen molar-refractivity contribution in [2.75, 3.05) is 53.1 Å². The van der Waals surface area contributed by atoms with Gasteiger partial charge in [0.15, 0.2) is 6.61 Å². The summed E-state index contributed by atoms with van der Waals surface area (Å²) in [6.07, 6.45) is 2.79. The first-order valence-electron chi connectivity index (χ1n) is 12.1. The highest BCUT2D eigenvalue weighted by molar-refractivity contribution is 7.89. The van der Waals surface area contributed by atoms with Crippen molar-refractivity contribution in [3.8, 4) is 5.75 Å². The van der Waals surface area contributed by atoms with Gasteiger partial charge in [-0.2, -0.15) is 4.31 Å². The molecule has 2 fully saturated rings. The Kier molecular flexibility index (Phi) is 8.60. The van der Waals surface area contributed by atoms with Crippen LogP contribution in [0.3, 0.4) is 0 Å². The van der Waals surface area contributed by atoms with E-state index in [4.69, 9.17) is 14.2 Å². The van der Waals surface area contributed by atoms with E-state index in [1.807, 2.05) is 18.2 Å². The van der Waals surface area contributed by atoms with Gasteiger partial charge in [-0.3, -0.25) is 4.79 Å². The van der Waals surface area contributed by atoms with Crippen LogP contribution in [0.25, 0.3) is 0 Å². The van der Waals surface area contributed by atoms with Crippen molar-refractivity contribution in [3.05, 3.63) is 59.7 Å². The van der Waals surface area contributed by atoms with Crippen molar-refractivity contribution < 1.29 is 32.2 Å². The zero-order valence-corrected chi connectivity index (χ0v) is 21.2. The molecule has 10 heteroatoms. The normalized spacial score (nSPS) is 17.5. The number of esters is 1. The largest absolute Gasteiger partial charge is 0.495 e. The molecule has 0 aromatic heterocycles. The fourth-order valence-electron chi connectivity index (χ4n) is 4.57. The summed E-state index contributed by atoms with van der Waals surface area (Å²) >= 11 is 0. The van der Waals surface area contributed by atoms with Crippen LogP contribution in [0.2, 0.25) is 0 Å². The van der Waals surface area contributed by atoms with Crippen molar-refractivity contribution in [2.24, 2.45) is 5.92 Å². The van der Waals surface area contributed by atoms with Gasteiger partial charge in [0.2, 0.25) is 10.0 Å². The summed E-state index contributed by atoms with van der Waals surface area (Å²) in [5, 5.41) is 0. The molecule has 2 aromatic carbocycles. The number of methoxy groups -OCH3 is 1. The molecule has 2 heterocycles. The molecule has 1 amide bonds. The maximum atomic E-state index is 13.1. The third-order valence-electron chi connectivity index (χ3n) is 6.65. The highest BCUT2D eigenvalue weighted by Gasteiger charge is 2.30. The van der Waals surface area contributed by atoms with Crippen molar-refractivity contribution in [2.45, 2.75) is 24.2 Å². The number of rotatable bonds is 8. The molecule has 0 bridgehead atoms. The third-order valence-corrected chi connectivity index (χ3v) is 8.57. The molecule has 2 aliphatic rings. The van der Waals surface area contributed by atoms with Gasteiger partial charge in [-0.15, -0.1) is 0 Å². The SMILES string of the molecule is COc1ccc(C(=O)OCC(=O)N2CCC(Cc3ccccc3)CC2)cc1S(=O)(=O)N1CCOCC1. The first-order chi connectivity index (χ1) is 17.4. The van der Waals surface area contributed by atoms with Gasteiger partial charge in [0.25, 0.3) is 5.91 Å². The van der Waals surface area contributed by atoms with Crippen LogP contribution in [0, 0.1) is 5.92 Å². The van der Waals surface area contributed by atoms with Crippen LogP contribution in [0.15, 0.2) is 53.4 Å². The van der Waals surface area contributed by atoms with Crippen molar-refractivity contribution in [1.29, 1.82) is 0 Å². The lowest BCUT2D eigenvalue weighted by Crippen LogP contribution is -2.41. The van der Waals surface area contributed by atoms with Crippen LogP contribution < -0.4 is 4.74 Å². The lowest BCUT2D eigenvalue weighted by Gasteiger charge is -2.32. The Morgan fingerprint density at radius 3 is 2.36 bits per heavy atom. The molecule has 9 nitrogen and oxygen atoms in total. The van der Waals surface area contributed by atoms with Crippen LogP contribution >= 0.6 is 0 Å². The summed E-state index contributed by atoms with van der Waals surface area (Å²) in [7, 11) is -2.52. The van der Waals surface area contributed by atoms with E-state index < -0.39 is 16.0 Å². The first-order valence-corrected chi connectivity index (χ1v) is 13.6. The molecule has 36 heavy (non-hydrogen) atoms. The quantitative estimate of drug-likeness (QED) is 0.496. The van der Waals surface area contributed by atoms with Crippen LogP contribution in [0.1, 0.15) is 28.8 Å². The Morgan fingerprint density at radius 2 is 1.69 bits per heavy atom. The number of amides is 1. The molecule has 194 valence electrons. The van der Waals surface area contributed by atoms with Gasteiger partial charge in [-0.25, -0.2) is 13.2 Å². The van der Waals surface area contributed by atoms with Gasteiger partial charge in [0.1, 0.15) is 10.6 Å². The van der Waals surface area contributed by atoms with E-state index in [0.717, 1.165) is 19.3 Å². The summed E-state index contributed by atoms with van der Waals surface area (Å²) in [6.45, 7) is 1.90. The van der Waals surface area contributed by atoms with Crippen LogP contribution in [0.4, 0.5) is 0 Å². The maximum Gasteiger partial charge on any atom is 0.338 e. The number of hydrogen-bond donors (Lipinski definition) is 0. The second kappa shape index (κ2) is 11.9. The summed E-state index contributed by atoms with van der Waals surface area (Å²) in [5.41, 5.74) is 1.34. The summed E-state index contributed by atoms with van der Waals surface area (Å²) < 4.78 is 43.3. The molecule has 0 radical (unpaired) electrons. The lowest BCUT2D eigenvalue weighted by atomic mass is 9.90. The van der Waals surface area contributed by atoms with Gasteiger partial charge in [0.05, 0.1) is 25.9 Å². The lowest BCUT2D eigenvalue weighted by molar-refractivity contribution is -0.135. The number of piperidine rings is 1. The van der Waals surface area contributed by atoms with E-state index in [0.29, 0.717) is 32.2 Å². The second-order valence-electron chi connectivity index (χ2n) is 8.97. The van der Waals surface area contributed by atoms with Crippen molar-refractivity contribution in [3.63, 3.8) is 0 Å². The number of carbonyl (C=O) groups excluding carboxylic acids is 2. The molecule has 0 N–H and O–H groups in total. The Hall–Kier alpha value is -2.95. The van der Waals surface area contributed by atoms with Gasteiger partial charge in [0, 0.05) is 26.2 Å². The number of morpholine rings is 1. The minimum atomic E-state index is -3.89. The predicted octanol–water partition coefficient (Wildman–Crippen LogP) is 2.35. The predicted molar refractivity (Wildman–Crippen MR) is 132 cm³/mol. The highest BCUT2D eigenvalue weighted by atomic mass is 32.2. The zero-order valence-electron chi connectivity index (χ0n) is 20.4. The van der Waals surface area contributed by atoms with Gasteiger partial charge in [-0.1, -0.05) is 30.3 Å². The Morgan fingerprint density at radius 1 is 1.00 bits per heavy atom. The highest BCUT2D eigenvalue weighted by Crippen LogP contribution is 2.29. The van der Waals surface area contributed by atoms with E-state index >= 15 is 0 Å². The molecule has 0 saturated carbocycles. The Bertz CT molecular complexity index is 1160. The number of benzene rings is 2. The minimum absolute atomic E-state index is 0.0389. The van der Waals surface area contributed by atoms with Gasteiger partial charge in [-0.05, 0) is 48.9 Å². The van der Waals surface area contributed by atoms with Crippen molar-refractivity contribution >= 4 is 21.9 Å². The van der Waals surface area contributed by atoms with E-state index in [1.165, 1.54) is 35.2 Å². The van der Waals surface area contributed by atoms with Gasteiger partial charge < -0.3 is 19.1 Å². The molecule has 0 spiro atoms.